The van der Waals surface area contributed by atoms with Crippen LogP contribution in [0.5, 0.6) is 0 Å². The van der Waals surface area contributed by atoms with Gasteiger partial charge in [0.2, 0.25) is 11.1 Å². The number of hydrogen-bond acceptors (Lipinski definition) is 4. The fourth-order valence-corrected chi connectivity index (χ4v) is 2.17. The maximum Gasteiger partial charge on any atom is 0.237 e. The van der Waals surface area contributed by atoms with E-state index in [9.17, 15) is 9.18 Å². The van der Waals surface area contributed by atoms with Crippen molar-refractivity contribution in [3.8, 4) is 0 Å². The Labute approximate surface area is 114 Å². The zero-order valence-corrected chi connectivity index (χ0v) is 11.3. The first-order chi connectivity index (χ1) is 9.04. The van der Waals surface area contributed by atoms with Crippen molar-refractivity contribution in [1.82, 2.24) is 15.2 Å². The highest BCUT2D eigenvalue weighted by molar-refractivity contribution is 8.00. The number of nitrogens with zero attached hydrogens (tertiary/aromatic N) is 2. The number of thioether (sulfide) groups is 1. The van der Waals surface area contributed by atoms with Crippen LogP contribution in [0.4, 0.5) is 10.1 Å². The van der Waals surface area contributed by atoms with Gasteiger partial charge in [-0.1, -0.05) is 17.8 Å². The van der Waals surface area contributed by atoms with Crippen molar-refractivity contribution < 1.29 is 9.18 Å². The molecular weight excluding hydrogens is 267 g/mol. The minimum Gasteiger partial charge on any atom is -0.325 e. The van der Waals surface area contributed by atoms with Gasteiger partial charge in [0.15, 0.2) is 0 Å². The number of rotatable bonds is 4. The Morgan fingerprint density at radius 2 is 2.32 bits per heavy atom. The maximum absolute atomic E-state index is 13.0. The van der Waals surface area contributed by atoms with Crippen LogP contribution in [0, 0.1) is 12.7 Å². The van der Waals surface area contributed by atoms with E-state index in [2.05, 4.69) is 20.5 Å². The maximum atomic E-state index is 13.0. The summed E-state index contributed by atoms with van der Waals surface area (Å²) in [6, 6.07) is 5.77. The smallest absolute Gasteiger partial charge is 0.237 e. The van der Waals surface area contributed by atoms with Crippen LogP contribution in [-0.4, -0.2) is 26.3 Å². The van der Waals surface area contributed by atoms with Gasteiger partial charge >= 0.3 is 0 Å². The number of halogens is 1. The van der Waals surface area contributed by atoms with Crippen molar-refractivity contribution in [3.05, 3.63) is 35.9 Å². The van der Waals surface area contributed by atoms with E-state index in [1.54, 1.807) is 26.0 Å². The number of H-pyrrole nitrogens is 1. The van der Waals surface area contributed by atoms with Crippen molar-refractivity contribution in [3.63, 3.8) is 0 Å². The van der Waals surface area contributed by atoms with Crippen LogP contribution >= 0.6 is 11.8 Å². The summed E-state index contributed by atoms with van der Waals surface area (Å²) in [6.07, 6.45) is 0. The number of hydrogen-bond donors (Lipinski definition) is 2. The van der Waals surface area contributed by atoms with E-state index >= 15 is 0 Å². The second kappa shape index (κ2) is 5.83. The molecule has 1 heterocycles. The molecule has 1 atom stereocenters. The molecule has 5 nitrogen and oxygen atoms in total. The number of nitrogens with one attached hydrogen (secondary N) is 2. The van der Waals surface area contributed by atoms with E-state index in [0.717, 1.165) is 0 Å². The first-order valence-corrected chi connectivity index (χ1v) is 6.54. The standard InChI is InChI=1S/C12H13FN4OS/c1-7(19-12-14-8(2)16-17-12)11(18)15-10-5-3-4-9(13)6-10/h3-7H,1-2H3,(H,15,18)(H,14,16,17). The molecule has 1 aromatic heterocycles. The van der Waals surface area contributed by atoms with Crippen molar-refractivity contribution in [2.75, 3.05) is 5.32 Å². The highest BCUT2D eigenvalue weighted by Crippen LogP contribution is 2.20. The number of benzene rings is 1. The quantitative estimate of drug-likeness (QED) is 0.843. The minimum absolute atomic E-state index is 0.224. The third-order valence-corrected chi connectivity index (χ3v) is 3.28. The lowest BCUT2D eigenvalue weighted by Crippen LogP contribution is -2.22. The average Bonchev–Trinajstić information content (AvgIpc) is 2.74. The number of carbonyl (C=O) groups excluding carboxylic acids is 1. The number of amides is 1. The molecule has 0 radical (unpaired) electrons. The van der Waals surface area contributed by atoms with Gasteiger partial charge in [0, 0.05) is 5.69 Å². The number of aromatic nitrogens is 3. The molecule has 1 amide bonds. The Hall–Kier alpha value is -1.89. The van der Waals surface area contributed by atoms with E-state index in [1.807, 2.05) is 0 Å². The van der Waals surface area contributed by atoms with Crippen LogP contribution in [0.25, 0.3) is 0 Å². The third-order valence-electron chi connectivity index (χ3n) is 2.32. The monoisotopic (exact) mass is 280 g/mol. The number of aromatic amines is 1. The molecule has 0 aliphatic heterocycles. The number of anilines is 1. The first kappa shape index (κ1) is 13.5. The van der Waals surface area contributed by atoms with E-state index in [-0.39, 0.29) is 17.0 Å². The molecule has 2 aromatic rings. The highest BCUT2D eigenvalue weighted by Gasteiger charge is 2.16. The molecule has 2 N–H and O–H groups in total. The van der Waals surface area contributed by atoms with Gasteiger partial charge in [-0.2, -0.15) is 0 Å². The van der Waals surface area contributed by atoms with Gasteiger partial charge in [-0.15, -0.1) is 5.10 Å². The van der Waals surface area contributed by atoms with E-state index in [4.69, 9.17) is 0 Å². The fourth-order valence-electron chi connectivity index (χ4n) is 1.40. The number of aryl methyl sites for hydroxylation is 1. The van der Waals surface area contributed by atoms with Gasteiger partial charge in [0.25, 0.3) is 0 Å². The molecule has 1 aromatic carbocycles. The van der Waals surface area contributed by atoms with Gasteiger partial charge in [-0.05, 0) is 32.0 Å². The summed E-state index contributed by atoms with van der Waals surface area (Å²) < 4.78 is 13.0. The Bertz CT molecular complexity index is 587. The molecule has 0 fully saturated rings. The second-order valence-electron chi connectivity index (χ2n) is 3.96. The van der Waals surface area contributed by atoms with Gasteiger partial charge < -0.3 is 5.32 Å². The van der Waals surface area contributed by atoms with Crippen molar-refractivity contribution >= 4 is 23.4 Å². The molecular formula is C12H13FN4OS. The second-order valence-corrected chi connectivity index (χ2v) is 5.27. The lowest BCUT2D eigenvalue weighted by atomic mass is 10.3. The molecule has 7 heteroatoms. The predicted octanol–water partition coefficient (Wildman–Crippen LogP) is 2.37. The molecule has 0 spiro atoms. The molecule has 19 heavy (non-hydrogen) atoms. The normalized spacial score (nSPS) is 12.2. The summed E-state index contributed by atoms with van der Waals surface area (Å²) in [5.41, 5.74) is 0.434. The molecule has 0 aliphatic carbocycles. The largest absolute Gasteiger partial charge is 0.325 e. The minimum atomic E-state index is -0.386. The summed E-state index contributed by atoms with van der Waals surface area (Å²) in [6.45, 7) is 3.53. The third kappa shape index (κ3) is 3.78. The Morgan fingerprint density at radius 1 is 1.53 bits per heavy atom. The Kier molecular flexibility index (Phi) is 4.16. The molecule has 0 saturated carbocycles. The van der Waals surface area contributed by atoms with E-state index < -0.39 is 0 Å². The van der Waals surface area contributed by atoms with E-state index in [1.165, 1.54) is 23.9 Å². The highest BCUT2D eigenvalue weighted by atomic mass is 32.2. The molecule has 2 rings (SSSR count). The molecule has 100 valence electrons. The summed E-state index contributed by atoms with van der Waals surface area (Å²) >= 11 is 1.24. The van der Waals surface area contributed by atoms with Crippen molar-refractivity contribution in [1.29, 1.82) is 0 Å². The van der Waals surface area contributed by atoms with Gasteiger partial charge in [0.1, 0.15) is 11.6 Å². The topological polar surface area (TPSA) is 70.7 Å². The van der Waals surface area contributed by atoms with E-state index in [0.29, 0.717) is 16.7 Å². The molecule has 0 aliphatic rings. The zero-order chi connectivity index (χ0) is 13.8. The van der Waals surface area contributed by atoms with Crippen LogP contribution in [0.1, 0.15) is 12.7 Å². The summed E-state index contributed by atoms with van der Waals surface area (Å²) in [5, 5.41) is 9.43. The average molecular weight is 280 g/mol. The summed E-state index contributed by atoms with van der Waals surface area (Å²) in [7, 11) is 0. The zero-order valence-electron chi connectivity index (χ0n) is 10.5. The SMILES string of the molecule is Cc1nc(SC(C)C(=O)Nc2cccc(F)c2)n[nH]1. The molecule has 0 bridgehead atoms. The lowest BCUT2D eigenvalue weighted by molar-refractivity contribution is -0.115. The molecule has 0 saturated heterocycles. The fraction of sp³-hybridized carbons (Fsp3) is 0.250. The predicted molar refractivity (Wildman–Crippen MR) is 71.5 cm³/mol. The van der Waals surface area contributed by atoms with Crippen molar-refractivity contribution in [2.45, 2.75) is 24.3 Å². The Morgan fingerprint density at radius 3 is 2.95 bits per heavy atom. The van der Waals surface area contributed by atoms with Gasteiger partial charge in [0.05, 0.1) is 5.25 Å². The first-order valence-electron chi connectivity index (χ1n) is 5.66. The van der Waals surface area contributed by atoms with Crippen molar-refractivity contribution in [2.24, 2.45) is 0 Å². The van der Waals surface area contributed by atoms with Gasteiger partial charge in [-0.3, -0.25) is 9.89 Å². The van der Waals surface area contributed by atoms with Crippen LogP contribution in [0.2, 0.25) is 0 Å². The van der Waals surface area contributed by atoms with Crippen LogP contribution in [0.3, 0.4) is 0 Å². The lowest BCUT2D eigenvalue weighted by Gasteiger charge is -2.10. The van der Waals surface area contributed by atoms with Gasteiger partial charge in [-0.25, -0.2) is 9.37 Å². The van der Waals surface area contributed by atoms with Crippen LogP contribution in [-0.2, 0) is 4.79 Å². The van der Waals surface area contributed by atoms with Crippen LogP contribution < -0.4 is 5.32 Å². The van der Waals surface area contributed by atoms with Crippen LogP contribution in [0.15, 0.2) is 29.4 Å². The summed E-state index contributed by atoms with van der Waals surface area (Å²) in [4.78, 5) is 16.0. The summed E-state index contributed by atoms with van der Waals surface area (Å²) in [5.74, 6) is 0.0843. The molecule has 1 unspecified atom stereocenters. The Balaban J connectivity index is 1.96. The number of carbonyl (C=O) groups is 1.